The summed E-state index contributed by atoms with van der Waals surface area (Å²) in [7, 11) is 0. The smallest absolute Gasteiger partial charge is 0.0639 e. The maximum absolute atomic E-state index is 6.07. The number of hydrogen-bond donors (Lipinski definition) is 1. The van der Waals surface area contributed by atoms with Gasteiger partial charge in [0.25, 0.3) is 0 Å². The van der Waals surface area contributed by atoms with Crippen molar-refractivity contribution in [2.75, 3.05) is 0 Å². The van der Waals surface area contributed by atoms with Gasteiger partial charge in [0.2, 0.25) is 0 Å². The van der Waals surface area contributed by atoms with E-state index in [1.807, 2.05) is 0 Å². The van der Waals surface area contributed by atoms with Gasteiger partial charge < -0.3 is 5.73 Å². The van der Waals surface area contributed by atoms with E-state index in [0.717, 1.165) is 25.0 Å². The van der Waals surface area contributed by atoms with Gasteiger partial charge in [-0.15, -0.1) is 0 Å². The minimum absolute atomic E-state index is 0.196. The van der Waals surface area contributed by atoms with Gasteiger partial charge in [0.15, 0.2) is 0 Å². The minimum Gasteiger partial charge on any atom is -0.327 e. The predicted octanol–water partition coefficient (Wildman–Crippen LogP) is 2.98. The van der Waals surface area contributed by atoms with Crippen molar-refractivity contribution in [3.63, 3.8) is 0 Å². The highest BCUT2D eigenvalue weighted by Gasteiger charge is 2.28. The molecule has 1 aliphatic carbocycles. The average Bonchev–Trinajstić information content (AvgIpc) is 2.52. The van der Waals surface area contributed by atoms with Crippen LogP contribution in [0.2, 0.25) is 10.0 Å². The summed E-state index contributed by atoms with van der Waals surface area (Å²) in [6.07, 6.45) is 4.93. The molecule has 1 saturated carbocycles. The summed E-state index contributed by atoms with van der Waals surface area (Å²) in [4.78, 5) is 4.27. The van der Waals surface area contributed by atoms with Crippen molar-refractivity contribution in [3.05, 3.63) is 28.0 Å². The van der Waals surface area contributed by atoms with Crippen LogP contribution in [0, 0.1) is 0 Å². The Bertz CT molecular complexity index is 341. The summed E-state index contributed by atoms with van der Waals surface area (Å²) in [6, 6.07) is 1.93. The second kappa shape index (κ2) is 4.05. The lowest BCUT2D eigenvalue weighted by Crippen LogP contribution is -2.23. The monoisotopic (exact) mass is 230 g/mol. The third kappa shape index (κ3) is 1.88. The van der Waals surface area contributed by atoms with Crippen LogP contribution in [0.4, 0.5) is 0 Å². The highest BCUT2D eigenvalue weighted by molar-refractivity contribution is 6.34. The zero-order valence-electron chi connectivity index (χ0n) is 7.71. The van der Waals surface area contributed by atoms with Crippen LogP contribution in [0.15, 0.2) is 12.3 Å². The van der Waals surface area contributed by atoms with Gasteiger partial charge in [0.05, 0.1) is 15.7 Å². The van der Waals surface area contributed by atoms with Gasteiger partial charge in [-0.25, -0.2) is 0 Å². The maximum Gasteiger partial charge on any atom is 0.0639 e. The Morgan fingerprint density at radius 1 is 1.36 bits per heavy atom. The van der Waals surface area contributed by atoms with Crippen LogP contribution >= 0.6 is 23.2 Å². The van der Waals surface area contributed by atoms with E-state index in [4.69, 9.17) is 28.9 Å². The van der Waals surface area contributed by atoms with Gasteiger partial charge in [-0.1, -0.05) is 29.6 Å². The van der Waals surface area contributed by atoms with Crippen LogP contribution in [0.25, 0.3) is 0 Å². The maximum atomic E-state index is 6.07. The number of pyridine rings is 1. The third-order valence-electron chi connectivity index (χ3n) is 2.76. The van der Waals surface area contributed by atoms with E-state index in [-0.39, 0.29) is 6.04 Å². The fourth-order valence-corrected chi connectivity index (χ4v) is 2.55. The lowest BCUT2D eigenvalue weighted by Gasteiger charge is -2.15. The molecule has 0 bridgehead atoms. The van der Waals surface area contributed by atoms with Crippen LogP contribution in [-0.2, 0) is 0 Å². The van der Waals surface area contributed by atoms with Crippen LogP contribution < -0.4 is 5.73 Å². The van der Waals surface area contributed by atoms with Crippen molar-refractivity contribution < 1.29 is 0 Å². The Hall–Kier alpha value is -0.310. The highest BCUT2D eigenvalue weighted by Crippen LogP contribution is 2.36. The lowest BCUT2D eigenvalue weighted by atomic mass is 10.00. The first-order valence-corrected chi connectivity index (χ1v) is 5.50. The Morgan fingerprint density at radius 2 is 2.14 bits per heavy atom. The van der Waals surface area contributed by atoms with Crippen LogP contribution in [-0.4, -0.2) is 11.0 Å². The molecule has 0 saturated heterocycles. The predicted molar refractivity (Wildman–Crippen MR) is 58.8 cm³/mol. The van der Waals surface area contributed by atoms with Gasteiger partial charge in [-0.05, 0) is 18.9 Å². The molecule has 14 heavy (non-hydrogen) atoms. The molecule has 0 spiro atoms. The summed E-state index contributed by atoms with van der Waals surface area (Å²) >= 11 is 11.9. The zero-order valence-corrected chi connectivity index (χ0v) is 9.22. The van der Waals surface area contributed by atoms with E-state index in [1.165, 1.54) is 0 Å². The van der Waals surface area contributed by atoms with Crippen LogP contribution in [0.5, 0.6) is 0 Å². The van der Waals surface area contributed by atoms with Crippen LogP contribution in [0.1, 0.15) is 30.9 Å². The molecule has 2 N–H and O–H groups in total. The van der Waals surface area contributed by atoms with Crippen molar-refractivity contribution in [3.8, 4) is 0 Å². The van der Waals surface area contributed by atoms with Gasteiger partial charge in [0, 0.05) is 18.2 Å². The molecule has 1 aliphatic rings. The molecule has 1 heterocycles. The summed E-state index contributed by atoms with van der Waals surface area (Å²) in [6.45, 7) is 0. The molecule has 2 nitrogen and oxygen atoms in total. The molecule has 2 unspecified atom stereocenters. The van der Waals surface area contributed by atoms with Crippen molar-refractivity contribution in [2.45, 2.75) is 31.2 Å². The molecule has 0 aliphatic heterocycles. The Morgan fingerprint density at radius 3 is 2.71 bits per heavy atom. The molecule has 0 aromatic carbocycles. The molecule has 1 aromatic rings. The number of aromatic nitrogens is 1. The second-order valence-electron chi connectivity index (χ2n) is 3.72. The summed E-state index contributed by atoms with van der Waals surface area (Å²) in [5.41, 5.74) is 6.89. The first kappa shape index (κ1) is 10.2. The van der Waals surface area contributed by atoms with Gasteiger partial charge in [-0.2, -0.15) is 0 Å². The van der Waals surface area contributed by atoms with E-state index >= 15 is 0 Å². The highest BCUT2D eigenvalue weighted by atomic mass is 35.5. The minimum atomic E-state index is 0.196. The molecule has 76 valence electrons. The Kier molecular flexibility index (Phi) is 2.96. The average molecular weight is 231 g/mol. The van der Waals surface area contributed by atoms with Crippen molar-refractivity contribution >= 4 is 23.2 Å². The molecular formula is C10H12Cl2N2. The number of nitrogens with two attached hydrogens (primary N) is 1. The van der Waals surface area contributed by atoms with Gasteiger partial charge in [-0.3, -0.25) is 4.98 Å². The fraction of sp³-hybridized carbons (Fsp3) is 0.500. The fourth-order valence-electron chi connectivity index (χ4n) is 2.03. The van der Waals surface area contributed by atoms with Crippen molar-refractivity contribution in [1.29, 1.82) is 0 Å². The molecule has 0 radical (unpaired) electrons. The van der Waals surface area contributed by atoms with Crippen molar-refractivity contribution in [1.82, 2.24) is 4.98 Å². The first-order chi connectivity index (χ1) is 6.68. The van der Waals surface area contributed by atoms with Crippen molar-refractivity contribution in [2.24, 2.45) is 5.73 Å². The molecule has 2 rings (SSSR count). The normalized spacial score (nSPS) is 26.8. The van der Waals surface area contributed by atoms with Gasteiger partial charge >= 0.3 is 0 Å². The second-order valence-corrected chi connectivity index (χ2v) is 4.57. The SMILES string of the molecule is NC1CCCC1c1ncc(Cl)cc1Cl. The molecule has 2 atom stereocenters. The van der Waals surface area contributed by atoms with E-state index in [0.29, 0.717) is 16.0 Å². The number of halogens is 2. The van der Waals surface area contributed by atoms with Gasteiger partial charge in [0.1, 0.15) is 0 Å². The molecule has 1 fully saturated rings. The quantitative estimate of drug-likeness (QED) is 0.806. The largest absolute Gasteiger partial charge is 0.327 e. The number of rotatable bonds is 1. The summed E-state index contributed by atoms with van der Waals surface area (Å²) in [5.74, 6) is 0.305. The summed E-state index contributed by atoms with van der Waals surface area (Å²) < 4.78 is 0. The molecule has 1 aromatic heterocycles. The molecule has 0 amide bonds. The topological polar surface area (TPSA) is 38.9 Å². The standard InChI is InChI=1S/C10H12Cl2N2/c11-6-4-8(12)10(14-5-6)7-2-1-3-9(7)13/h4-5,7,9H,1-3,13H2. The van der Waals surface area contributed by atoms with E-state index < -0.39 is 0 Å². The van der Waals surface area contributed by atoms with E-state index in [1.54, 1.807) is 12.3 Å². The van der Waals surface area contributed by atoms with E-state index in [2.05, 4.69) is 4.98 Å². The third-order valence-corrected chi connectivity index (χ3v) is 3.27. The Labute approximate surface area is 93.4 Å². The summed E-state index contributed by atoms with van der Waals surface area (Å²) in [5, 5.41) is 1.21. The Balaban J connectivity index is 2.31. The molecule has 4 heteroatoms. The van der Waals surface area contributed by atoms with E-state index in [9.17, 15) is 0 Å². The number of nitrogens with zero attached hydrogens (tertiary/aromatic N) is 1. The lowest BCUT2D eigenvalue weighted by molar-refractivity contribution is 0.598. The first-order valence-electron chi connectivity index (χ1n) is 4.75. The zero-order chi connectivity index (χ0) is 10.1. The van der Waals surface area contributed by atoms with Crippen LogP contribution in [0.3, 0.4) is 0 Å². The molecular weight excluding hydrogens is 219 g/mol. The number of hydrogen-bond acceptors (Lipinski definition) is 2.